The van der Waals surface area contributed by atoms with Crippen LogP contribution in [0.3, 0.4) is 0 Å². The third-order valence-electron chi connectivity index (χ3n) is 19.8. The van der Waals surface area contributed by atoms with Crippen LogP contribution in [0.4, 0.5) is 0 Å². The minimum absolute atomic E-state index is 0.228. The highest BCUT2D eigenvalue weighted by Gasteiger charge is 2.25. The molecule has 7 aromatic heterocycles. The molecule has 20 rings (SSSR count). The highest BCUT2D eigenvalue weighted by Crippen LogP contribution is 2.44. The minimum atomic E-state index is 0.228. The molecule has 0 spiro atoms. The summed E-state index contributed by atoms with van der Waals surface area (Å²) in [6.45, 7) is 16.9. The first-order valence-corrected chi connectivity index (χ1v) is 40.4. The second kappa shape index (κ2) is 31.7. The van der Waals surface area contributed by atoms with Crippen LogP contribution in [0.25, 0.3) is 163 Å². The average molecular weight is 1510 g/mol. The number of nitrogens with zero attached hydrogens (tertiary/aromatic N) is 12. The van der Waals surface area contributed by atoms with Gasteiger partial charge in [0.25, 0.3) is 0 Å². The van der Waals surface area contributed by atoms with Crippen LogP contribution in [-0.4, -0.2) is 59.8 Å². The summed E-state index contributed by atoms with van der Waals surface area (Å²) in [5.74, 6) is 10.1. The van der Waals surface area contributed by atoms with Gasteiger partial charge in [-0.3, -0.25) is 0 Å². The van der Waals surface area contributed by atoms with E-state index >= 15 is 0 Å². The molecule has 0 N–H and O–H groups in total. The third kappa shape index (κ3) is 15.0. The van der Waals surface area contributed by atoms with Gasteiger partial charge in [0.15, 0.2) is 46.6 Å². The van der Waals surface area contributed by atoms with E-state index < -0.39 is 0 Å². The fraction of sp³-hybridized carbons (Fsp3) is 0.134. The number of benzene rings is 12. The van der Waals surface area contributed by atoms with Crippen LogP contribution >= 0.6 is 34.0 Å². The monoisotopic (exact) mass is 1510 g/mol. The molecule has 19 aromatic rings. The van der Waals surface area contributed by atoms with Crippen molar-refractivity contribution in [1.29, 1.82) is 0 Å². The number of hydrogen-bond acceptors (Lipinski definition) is 15. The molecule has 1 aliphatic rings. The fourth-order valence-electron chi connectivity index (χ4n) is 14.0. The Morgan fingerprint density at radius 1 is 0.214 bits per heavy atom. The lowest BCUT2D eigenvalue weighted by Gasteiger charge is -2.13. The van der Waals surface area contributed by atoms with Crippen molar-refractivity contribution in [3.05, 3.63) is 326 Å². The van der Waals surface area contributed by atoms with Gasteiger partial charge in [-0.05, 0) is 77.2 Å². The zero-order valence-corrected chi connectivity index (χ0v) is 65.8. The first-order chi connectivity index (χ1) is 54.8. The molecular weight excluding hydrogens is 1430 g/mol. The van der Waals surface area contributed by atoms with E-state index in [0.717, 1.165) is 121 Å². The molecule has 544 valence electrons. The first-order valence-electron chi connectivity index (χ1n) is 38.0. The summed E-state index contributed by atoms with van der Waals surface area (Å²) in [5.41, 5.74) is 13.5. The molecule has 0 unspecified atom stereocenters. The van der Waals surface area contributed by atoms with E-state index in [0.29, 0.717) is 0 Å². The van der Waals surface area contributed by atoms with Crippen molar-refractivity contribution < 1.29 is 0 Å². The van der Waals surface area contributed by atoms with Gasteiger partial charge in [0, 0.05) is 129 Å². The van der Waals surface area contributed by atoms with E-state index in [-0.39, 0.29) is 23.7 Å². The van der Waals surface area contributed by atoms with E-state index in [1.807, 2.05) is 144 Å². The predicted octanol–water partition coefficient (Wildman–Crippen LogP) is 26.0. The van der Waals surface area contributed by atoms with Crippen molar-refractivity contribution in [3.63, 3.8) is 0 Å². The normalized spacial score (nSPS) is 11.7. The Hall–Kier alpha value is -12.7. The van der Waals surface area contributed by atoms with Gasteiger partial charge < -0.3 is 0 Å². The van der Waals surface area contributed by atoms with E-state index in [2.05, 4.69) is 225 Å². The molecule has 15 heteroatoms. The molecule has 0 saturated carbocycles. The third-order valence-corrected chi connectivity index (χ3v) is 23.3. The van der Waals surface area contributed by atoms with Crippen LogP contribution in [0, 0.1) is 0 Å². The average Bonchev–Trinajstić information content (AvgIpc) is 1.61. The number of aromatic nitrogens is 12. The van der Waals surface area contributed by atoms with Crippen LogP contribution < -0.4 is 0 Å². The smallest absolute Gasteiger partial charge is 0.165 e. The van der Waals surface area contributed by atoms with Crippen LogP contribution in [0.5, 0.6) is 0 Å². The summed E-state index contributed by atoms with van der Waals surface area (Å²) < 4.78 is 7.66. The molecule has 12 aromatic carbocycles. The second-order valence-corrected chi connectivity index (χ2v) is 32.2. The van der Waals surface area contributed by atoms with Crippen molar-refractivity contribution in [2.24, 2.45) is 0 Å². The maximum Gasteiger partial charge on any atom is 0.165 e. The number of fused-ring (bicyclic) bond motifs is 12. The lowest BCUT2D eigenvalue weighted by atomic mass is 9.99. The molecule has 1 aliphatic carbocycles. The molecule has 0 radical (unpaired) electrons. The molecule has 0 bridgehead atoms. The molecule has 112 heavy (non-hydrogen) atoms. The molecule has 7 heterocycles. The Morgan fingerprint density at radius 3 is 1.04 bits per heavy atom. The van der Waals surface area contributed by atoms with Gasteiger partial charge in [-0.2, -0.15) is 0 Å². The van der Waals surface area contributed by atoms with Gasteiger partial charge in [-0.15, -0.1) is 34.0 Å². The fourth-order valence-corrected chi connectivity index (χ4v) is 17.4. The number of hydrogen-bond donors (Lipinski definition) is 0. The van der Waals surface area contributed by atoms with Crippen LogP contribution in [0.15, 0.2) is 291 Å². The highest BCUT2D eigenvalue weighted by molar-refractivity contribution is 7.26. The molecule has 0 atom stereocenters. The molecular formula is C97H78N12S3. The van der Waals surface area contributed by atoms with Gasteiger partial charge in [-0.25, -0.2) is 59.8 Å². The van der Waals surface area contributed by atoms with Gasteiger partial charge in [0.05, 0.1) is 0 Å². The van der Waals surface area contributed by atoms with Gasteiger partial charge in [0.1, 0.15) is 23.3 Å². The highest BCUT2D eigenvalue weighted by atomic mass is 32.1. The Labute approximate surface area is 663 Å². The first kappa shape index (κ1) is 72.2. The van der Waals surface area contributed by atoms with E-state index in [1.54, 1.807) is 11.3 Å². The van der Waals surface area contributed by atoms with E-state index in [9.17, 15) is 0 Å². The summed E-state index contributed by atoms with van der Waals surface area (Å²) >= 11 is 5.43. The van der Waals surface area contributed by atoms with Crippen molar-refractivity contribution in [2.45, 2.75) is 85.5 Å². The summed E-state index contributed by atoms with van der Waals surface area (Å²) in [6, 6.07) is 101. The van der Waals surface area contributed by atoms with Crippen LogP contribution in [-0.2, 0) is 6.42 Å². The Kier molecular flexibility index (Phi) is 20.5. The van der Waals surface area contributed by atoms with E-state index in [1.165, 1.54) is 82.8 Å². The van der Waals surface area contributed by atoms with Crippen LogP contribution in [0.2, 0.25) is 0 Å². The Morgan fingerprint density at radius 2 is 0.536 bits per heavy atom. The molecule has 0 fully saturated rings. The number of thiophene rings is 3. The van der Waals surface area contributed by atoms with Gasteiger partial charge >= 0.3 is 0 Å². The van der Waals surface area contributed by atoms with Crippen molar-refractivity contribution in [3.8, 4) is 102 Å². The minimum Gasteiger partial charge on any atom is -0.213 e. The SMILES string of the molecule is CC(C)c1nc(-c2ccccc2)nc(-c2ccc3c(c2)sc2ccccc23)n1.CC(C)c1nc(-c2ccccc2)nc(-c2ccc3sc4ccccc4c3c2)n1.CC(C)c1nc(-c2ccccc2)nc(-c2cccc3c2-c2ccccc2C3)n1.CC(C)c1nc(-c2ccccc2)nc(-c2cccc3c2sc2ccccc23)n1. The standard InChI is InChI=1S/C25H21N3.3C24H19N3S/c1-16(2)23-26-24(17-9-4-3-5-10-17)28-25(27-23)21-14-8-12-19-15-18-11-6-7-13-20(18)22(19)21;1-15(2)22-25-23(16-9-4-3-5-10-16)27-24(26-22)19-13-8-12-18-17-11-6-7-14-20(17)28-21(18)19;1-15(2)22-25-23(16-8-4-3-5-9-16)27-24(26-22)17-12-13-21-19(14-17)18-10-6-7-11-20(18)28-21;1-15(2)22-25-23(16-8-4-3-5-9-16)27-24(26-22)17-12-13-19-18-10-6-7-11-20(18)28-21(19)14-17/h3-14,16H,15H2,1-2H3;3*3-15H,1-2H3. The van der Waals surface area contributed by atoms with Crippen molar-refractivity contribution in [1.82, 2.24) is 59.8 Å². The van der Waals surface area contributed by atoms with Crippen molar-refractivity contribution in [2.75, 3.05) is 0 Å². The molecule has 0 saturated heterocycles. The number of rotatable bonds is 12. The van der Waals surface area contributed by atoms with E-state index in [4.69, 9.17) is 59.8 Å². The summed E-state index contributed by atoms with van der Waals surface area (Å²) in [6.07, 6.45) is 0.965. The summed E-state index contributed by atoms with van der Waals surface area (Å²) in [7, 11) is 0. The van der Waals surface area contributed by atoms with Crippen molar-refractivity contribution >= 4 is 94.5 Å². The lowest BCUT2D eigenvalue weighted by Crippen LogP contribution is -2.05. The maximum atomic E-state index is 4.88. The largest absolute Gasteiger partial charge is 0.213 e. The predicted molar refractivity (Wildman–Crippen MR) is 466 cm³/mol. The summed E-state index contributed by atoms with van der Waals surface area (Å²) in [5, 5.41) is 7.66. The zero-order chi connectivity index (χ0) is 76.3. The lowest BCUT2D eigenvalue weighted by molar-refractivity contribution is 0.766. The maximum absolute atomic E-state index is 4.88. The Bertz CT molecular complexity index is 6620. The van der Waals surface area contributed by atoms with Crippen LogP contribution in [0.1, 0.15) is 113 Å². The van der Waals surface area contributed by atoms with Gasteiger partial charge in [0.2, 0.25) is 0 Å². The molecule has 0 aliphatic heterocycles. The summed E-state index contributed by atoms with van der Waals surface area (Å²) in [4.78, 5) is 57.5. The molecule has 0 amide bonds. The second-order valence-electron chi connectivity index (χ2n) is 29.0. The topological polar surface area (TPSA) is 155 Å². The molecule has 12 nitrogen and oxygen atoms in total. The zero-order valence-electron chi connectivity index (χ0n) is 63.3. The quantitative estimate of drug-likeness (QED) is 0.114. The van der Waals surface area contributed by atoms with Gasteiger partial charge in [-0.1, -0.05) is 298 Å². The Balaban J connectivity index is 0.000000108.